The summed E-state index contributed by atoms with van der Waals surface area (Å²) in [7, 11) is 1.62. The van der Waals surface area contributed by atoms with Gasteiger partial charge < -0.3 is 10.4 Å². The normalized spacial score (nSPS) is 25.6. The highest BCUT2D eigenvalue weighted by Crippen LogP contribution is 2.21. The first-order valence-corrected chi connectivity index (χ1v) is 5.07. The Morgan fingerprint density at radius 3 is 2.67 bits per heavy atom. The topological polar surface area (TPSA) is 35.5 Å². The van der Waals surface area contributed by atoms with Gasteiger partial charge in [0.1, 0.15) is 0 Å². The summed E-state index contributed by atoms with van der Waals surface area (Å²) in [6, 6.07) is 0.0933. The lowest BCUT2D eigenvalue weighted by molar-refractivity contribution is -0.208. The quantitative estimate of drug-likeness (QED) is 0.739. The molecule has 1 aliphatic rings. The van der Waals surface area contributed by atoms with E-state index in [1.54, 1.807) is 11.9 Å². The summed E-state index contributed by atoms with van der Waals surface area (Å²) >= 11 is 0. The first-order valence-electron chi connectivity index (χ1n) is 5.07. The lowest BCUT2D eigenvalue weighted by Gasteiger charge is -2.33. The minimum absolute atomic E-state index is 0.0933. The fourth-order valence-corrected chi connectivity index (χ4v) is 1.74. The van der Waals surface area contributed by atoms with E-state index >= 15 is 0 Å². The van der Waals surface area contributed by atoms with E-state index < -0.39 is 12.3 Å². The molecule has 0 bridgehead atoms. The molecule has 3 nitrogen and oxygen atoms in total. The molecule has 0 aromatic heterocycles. The van der Waals surface area contributed by atoms with Crippen molar-refractivity contribution in [2.45, 2.75) is 31.2 Å². The van der Waals surface area contributed by atoms with E-state index in [1.807, 2.05) is 0 Å². The van der Waals surface area contributed by atoms with E-state index in [0.29, 0.717) is 6.54 Å². The van der Waals surface area contributed by atoms with Crippen molar-refractivity contribution in [1.82, 2.24) is 10.2 Å². The van der Waals surface area contributed by atoms with Gasteiger partial charge in [0.2, 0.25) is 0 Å². The van der Waals surface area contributed by atoms with Crippen molar-refractivity contribution in [2.75, 3.05) is 26.7 Å². The maximum Gasteiger partial charge on any atom is 0.415 e. The van der Waals surface area contributed by atoms with Crippen LogP contribution in [0.1, 0.15) is 12.8 Å². The third-order valence-corrected chi connectivity index (χ3v) is 2.73. The summed E-state index contributed by atoms with van der Waals surface area (Å²) < 4.78 is 36.3. The predicted molar refractivity (Wildman–Crippen MR) is 50.6 cm³/mol. The molecule has 0 aromatic rings. The molecule has 0 radical (unpaired) electrons. The van der Waals surface area contributed by atoms with Gasteiger partial charge in [-0.2, -0.15) is 13.2 Å². The van der Waals surface area contributed by atoms with Crippen LogP contribution in [0.5, 0.6) is 0 Å². The Balaban J connectivity index is 2.36. The van der Waals surface area contributed by atoms with E-state index in [4.69, 9.17) is 5.11 Å². The number of hydrogen-bond donors (Lipinski definition) is 2. The van der Waals surface area contributed by atoms with Crippen LogP contribution in [0.25, 0.3) is 0 Å². The number of likely N-dealkylation sites (N-methyl/N-ethyl adjacent to an activating group) is 1. The number of halogens is 3. The van der Waals surface area contributed by atoms with Crippen molar-refractivity contribution in [1.29, 1.82) is 0 Å². The van der Waals surface area contributed by atoms with Crippen LogP contribution >= 0.6 is 0 Å². The molecule has 2 atom stereocenters. The second-order valence-corrected chi connectivity index (χ2v) is 4.00. The van der Waals surface area contributed by atoms with Gasteiger partial charge in [0.05, 0.1) is 0 Å². The molecule has 0 spiro atoms. The van der Waals surface area contributed by atoms with Gasteiger partial charge in [0, 0.05) is 19.1 Å². The van der Waals surface area contributed by atoms with Crippen molar-refractivity contribution < 1.29 is 18.3 Å². The number of hydrogen-bond acceptors (Lipinski definition) is 3. The van der Waals surface area contributed by atoms with Gasteiger partial charge in [-0.25, -0.2) is 0 Å². The van der Waals surface area contributed by atoms with Crippen LogP contribution in [-0.2, 0) is 0 Å². The Hall–Kier alpha value is -0.330. The highest BCUT2D eigenvalue weighted by Gasteiger charge is 2.39. The standard InChI is InChI=1S/C9H17F3N2O/c1-14(6-8(15)9(10,11)12)7-3-2-4-13-5-7/h7-8,13,15H,2-6H2,1H3. The Morgan fingerprint density at radius 1 is 1.53 bits per heavy atom. The minimum atomic E-state index is -4.52. The Kier molecular flexibility index (Phi) is 4.36. The van der Waals surface area contributed by atoms with Crippen molar-refractivity contribution >= 4 is 0 Å². The molecule has 90 valence electrons. The zero-order valence-electron chi connectivity index (χ0n) is 8.72. The Labute approximate surface area is 87.3 Å². The SMILES string of the molecule is CN(CC(O)C(F)(F)F)C1CCCNC1. The summed E-state index contributed by atoms with van der Waals surface area (Å²) in [5, 5.41) is 12.0. The number of rotatable bonds is 3. The van der Waals surface area contributed by atoms with Crippen LogP contribution in [0, 0.1) is 0 Å². The molecular weight excluding hydrogens is 209 g/mol. The van der Waals surface area contributed by atoms with Crippen molar-refractivity contribution in [3.05, 3.63) is 0 Å². The smallest absolute Gasteiger partial charge is 0.382 e. The lowest BCUT2D eigenvalue weighted by Crippen LogP contribution is -2.49. The maximum atomic E-state index is 12.1. The second-order valence-electron chi connectivity index (χ2n) is 4.00. The molecule has 2 N–H and O–H groups in total. The highest BCUT2D eigenvalue weighted by molar-refractivity contribution is 4.79. The van der Waals surface area contributed by atoms with E-state index in [2.05, 4.69) is 5.32 Å². The van der Waals surface area contributed by atoms with Crippen LogP contribution in [0.15, 0.2) is 0 Å². The van der Waals surface area contributed by atoms with Gasteiger partial charge in [0.15, 0.2) is 6.10 Å². The molecule has 6 heteroatoms. The van der Waals surface area contributed by atoms with Crippen LogP contribution in [-0.4, -0.2) is 55.0 Å². The molecule has 1 rings (SSSR count). The number of aliphatic hydroxyl groups excluding tert-OH is 1. The predicted octanol–water partition coefficient (Wildman–Crippen LogP) is 0.593. The number of nitrogens with one attached hydrogen (secondary N) is 1. The molecule has 1 fully saturated rings. The zero-order chi connectivity index (χ0) is 11.5. The first kappa shape index (κ1) is 12.7. The molecule has 0 aliphatic carbocycles. The summed E-state index contributed by atoms with van der Waals surface area (Å²) in [6.07, 6.45) is -4.91. The van der Waals surface area contributed by atoms with E-state index in [9.17, 15) is 13.2 Å². The fourth-order valence-electron chi connectivity index (χ4n) is 1.74. The van der Waals surface area contributed by atoms with Crippen molar-refractivity contribution in [3.63, 3.8) is 0 Å². The fraction of sp³-hybridized carbons (Fsp3) is 1.00. The molecule has 0 amide bonds. The largest absolute Gasteiger partial charge is 0.415 e. The molecule has 1 aliphatic heterocycles. The van der Waals surface area contributed by atoms with E-state index in [1.165, 1.54) is 0 Å². The molecule has 1 heterocycles. The van der Waals surface area contributed by atoms with Gasteiger partial charge in [0.25, 0.3) is 0 Å². The third kappa shape index (κ3) is 3.96. The van der Waals surface area contributed by atoms with Crippen molar-refractivity contribution in [3.8, 4) is 0 Å². The first-order chi connectivity index (χ1) is 6.91. The monoisotopic (exact) mass is 226 g/mol. The van der Waals surface area contributed by atoms with Crippen LogP contribution in [0.3, 0.4) is 0 Å². The van der Waals surface area contributed by atoms with Crippen LogP contribution < -0.4 is 5.32 Å². The summed E-state index contributed by atoms with van der Waals surface area (Å²) in [5.74, 6) is 0. The van der Waals surface area contributed by atoms with Crippen LogP contribution in [0.4, 0.5) is 13.2 Å². The minimum Gasteiger partial charge on any atom is -0.382 e. The number of nitrogens with zero attached hydrogens (tertiary/aromatic N) is 1. The summed E-state index contributed by atoms with van der Waals surface area (Å²) in [4.78, 5) is 1.57. The molecule has 2 unspecified atom stereocenters. The average molecular weight is 226 g/mol. The van der Waals surface area contributed by atoms with E-state index in [0.717, 1.165) is 19.4 Å². The Bertz CT molecular complexity index is 192. The second kappa shape index (κ2) is 5.14. The lowest BCUT2D eigenvalue weighted by atomic mass is 10.1. The van der Waals surface area contributed by atoms with Gasteiger partial charge in [-0.1, -0.05) is 0 Å². The Morgan fingerprint density at radius 2 is 2.20 bits per heavy atom. The van der Waals surface area contributed by atoms with Gasteiger partial charge >= 0.3 is 6.18 Å². The number of alkyl halides is 3. The van der Waals surface area contributed by atoms with Gasteiger partial charge in [-0.3, -0.25) is 4.90 Å². The molecule has 0 aromatic carbocycles. The highest BCUT2D eigenvalue weighted by atomic mass is 19.4. The van der Waals surface area contributed by atoms with Crippen molar-refractivity contribution in [2.24, 2.45) is 0 Å². The van der Waals surface area contributed by atoms with E-state index in [-0.39, 0.29) is 12.6 Å². The van der Waals surface area contributed by atoms with Crippen LogP contribution in [0.2, 0.25) is 0 Å². The third-order valence-electron chi connectivity index (χ3n) is 2.73. The maximum absolute atomic E-state index is 12.1. The summed E-state index contributed by atoms with van der Waals surface area (Å²) in [5.41, 5.74) is 0. The molecule has 15 heavy (non-hydrogen) atoms. The average Bonchev–Trinajstić information content (AvgIpc) is 2.17. The number of piperidine rings is 1. The molecular formula is C9H17F3N2O. The van der Waals surface area contributed by atoms with Gasteiger partial charge in [-0.05, 0) is 26.4 Å². The summed E-state index contributed by atoms with van der Waals surface area (Å²) in [6.45, 7) is 1.27. The molecule has 0 saturated carbocycles. The zero-order valence-corrected chi connectivity index (χ0v) is 8.72. The van der Waals surface area contributed by atoms with Gasteiger partial charge in [-0.15, -0.1) is 0 Å². The number of aliphatic hydroxyl groups is 1. The molecule has 1 saturated heterocycles.